The van der Waals surface area contributed by atoms with E-state index in [-0.39, 0.29) is 11.1 Å². The fourth-order valence-electron chi connectivity index (χ4n) is 3.22. The fraction of sp³-hybridized carbons (Fsp3) is 0.143. The van der Waals surface area contributed by atoms with Crippen molar-refractivity contribution in [1.82, 2.24) is 4.57 Å². The van der Waals surface area contributed by atoms with E-state index in [1.807, 2.05) is 55.1 Å². The molecular weight excluding hydrogens is 360 g/mol. The number of fused-ring (bicyclic) bond motifs is 1. The number of carbonyl (C=O) groups is 2. The number of rotatable bonds is 4. The third-order valence-electron chi connectivity index (χ3n) is 4.41. The van der Waals surface area contributed by atoms with Gasteiger partial charge in [0.15, 0.2) is 0 Å². The summed E-state index contributed by atoms with van der Waals surface area (Å²) < 4.78 is 7.59. The van der Waals surface area contributed by atoms with Gasteiger partial charge in [-0.2, -0.15) is 0 Å². The van der Waals surface area contributed by atoms with Crippen LogP contribution in [0.2, 0.25) is 0 Å². The van der Waals surface area contributed by atoms with Gasteiger partial charge in [0.1, 0.15) is 5.75 Å². The van der Waals surface area contributed by atoms with Crippen molar-refractivity contribution in [2.75, 3.05) is 11.5 Å². The lowest BCUT2D eigenvalue weighted by Gasteiger charge is -2.16. The minimum atomic E-state index is -0.329. The molecule has 6 heteroatoms. The Morgan fingerprint density at radius 3 is 2.63 bits per heavy atom. The minimum absolute atomic E-state index is 0.321. The number of nitrogens with zero attached hydrogens (tertiary/aromatic N) is 2. The van der Waals surface area contributed by atoms with Gasteiger partial charge < -0.3 is 9.30 Å². The maximum absolute atomic E-state index is 13.0. The van der Waals surface area contributed by atoms with Crippen molar-refractivity contribution >= 4 is 45.6 Å². The molecule has 1 aromatic heterocycles. The Hall–Kier alpha value is -2.99. The SMILES string of the molecule is CCOc1ccccc1N1C(=O)S/C(=C\c2cn(C)c3ccccc23)C1=O. The number of imide groups is 1. The van der Waals surface area contributed by atoms with E-state index in [2.05, 4.69) is 0 Å². The first-order chi connectivity index (χ1) is 13.1. The van der Waals surface area contributed by atoms with Crippen LogP contribution in [0, 0.1) is 0 Å². The highest BCUT2D eigenvalue weighted by Gasteiger charge is 2.37. The second-order valence-corrected chi connectivity index (χ2v) is 7.12. The van der Waals surface area contributed by atoms with Gasteiger partial charge in [-0.05, 0) is 43.0 Å². The molecule has 1 aliphatic rings. The zero-order chi connectivity index (χ0) is 19.0. The van der Waals surface area contributed by atoms with Crippen LogP contribution in [-0.4, -0.2) is 22.3 Å². The number of aromatic nitrogens is 1. The van der Waals surface area contributed by atoms with Crippen molar-refractivity contribution in [2.24, 2.45) is 7.05 Å². The topological polar surface area (TPSA) is 51.5 Å². The van der Waals surface area contributed by atoms with Gasteiger partial charge in [0.2, 0.25) is 0 Å². The number of ether oxygens (including phenoxy) is 1. The molecule has 0 N–H and O–H groups in total. The van der Waals surface area contributed by atoms with E-state index < -0.39 is 0 Å². The maximum atomic E-state index is 13.0. The summed E-state index contributed by atoms with van der Waals surface area (Å²) in [5, 5.41) is 0.722. The van der Waals surface area contributed by atoms with Gasteiger partial charge in [0, 0.05) is 29.7 Å². The summed E-state index contributed by atoms with van der Waals surface area (Å²) in [5.74, 6) is 0.193. The first-order valence-corrected chi connectivity index (χ1v) is 9.45. The molecule has 0 saturated carbocycles. The summed E-state index contributed by atoms with van der Waals surface area (Å²) >= 11 is 0.950. The number of anilines is 1. The van der Waals surface area contributed by atoms with Gasteiger partial charge in [-0.15, -0.1) is 0 Å². The molecule has 1 aliphatic heterocycles. The summed E-state index contributed by atoms with van der Waals surface area (Å²) in [6.45, 7) is 2.32. The van der Waals surface area contributed by atoms with Crippen molar-refractivity contribution in [2.45, 2.75) is 6.92 Å². The predicted molar refractivity (Wildman–Crippen MR) is 109 cm³/mol. The van der Waals surface area contributed by atoms with Crippen LogP contribution in [-0.2, 0) is 11.8 Å². The molecule has 0 bridgehead atoms. The lowest BCUT2D eigenvalue weighted by atomic mass is 10.1. The molecule has 2 amide bonds. The molecule has 2 aromatic carbocycles. The first kappa shape index (κ1) is 17.4. The zero-order valence-corrected chi connectivity index (χ0v) is 15.8. The van der Waals surface area contributed by atoms with Gasteiger partial charge in [-0.1, -0.05) is 30.3 Å². The lowest BCUT2D eigenvalue weighted by Crippen LogP contribution is -2.28. The van der Waals surface area contributed by atoms with Crippen molar-refractivity contribution in [1.29, 1.82) is 0 Å². The number of benzene rings is 2. The largest absolute Gasteiger partial charge is 0.492 e. The summed E-state index contributed by atoms with van der Waals surface area (Å²) in [6, 6.07) is 15.1. The minimum Gasteiger partial charge on any atom is -0.492 e. The molecule has 27 heavy (non-hydrogen) atoms. The van der Waals surface area contributed by atoms with Crippen LogP contribution in [0.25, 0.3) is 17.0 Å². The van der Waals surface area contributed by atoms with Gasteiger partial charge in [0.05, 0.1) is 17.2 Å². The standard InChI is InChI=1S/C21H18N2O3S/c1-3-26-18-11-7-6-10-17(18)23-20(24)19(27-21(23)25)12-14-13-22(2)16-9-5-4-8-15(14)16/h4-13H,3H2,1-2H3/b19-12-. The van der Waals surface area contributed by atoms with Gasteiger partial charge >= 0.3 is 0 Å². The zero-order valence-electron chi connectivity index (χ0n) is 15.0. The highest BCUT2D eigenvalue weighted by molar-refractivity contribution is 8.19. The van der Waals surface area contributed by atoms with Gasteiger partial charge in [-0.3, -0.25) is 9.59 Å². The molecule has 0 radical (unpaired) electrons. The van der Waals surface area contributed by atoms with Gasteiger partial charge in [-0.25, -0.2) is 4.90 Å². The number of hydrogen-bond donors (Lipinski definition) is 0. The molecule has 0 unspecified atom stereocenters. The summed E-state index contributed by atoms with van der Waals surface area (Å²) in [4.78, 5) is 27.1. The summed E-state index contributed by atoms with van der Waals surface area (Å²) in [6.07, 6.45) is 3.75. The third-order valence-corrected chi connectivity index (χ3v) is 5.28. The average Bonchev–Trinajstić information content (AvgIpc) is 3.13. The molecule has 1 fully saturated rings. The van der Waals surface area contributed by atoms with E-state index in [0.29, 0.717) is 22.9 Å². The van der Waals surface area contributed by atoms with E-state index in [4.69, 9.17) is 4.74 Å². The molecule has 5 nitrogen and oxygen atoms in total. The number of carbonyl (C=O) groups excluding carboxylic acids is 2. The number of hydrogen-bond acceptors (Lipinski definition) is 4. The molecule has 136 valence electrons. The lowest BCUT2D eigenvalue weighted by molar-refractivity contribution is -0.113. The quantitative estimate of drug-likeness (QED) is 0.611. The van der Waals surface area contributed by atoms with Crippen LogP contribution in [0.3, 0.4) is 0 Å². The normalized spacial score (nSPS) is 15.9. The predicted octanol–water partition coefficient (Wildman–Crippen LogP) is 4.82. The molecule has 4 rings (SSSR count). The van der Waals surface area contributed by atoms with Crippen LogP contribution >= 0.6 is 11.8 Å². The molecule has 1 saturated heterocycles. The number of aryl methyl sites for hydroxylation is 1. The summed E-state index contributed by atoms with van der Waals surface area (Å²) in [7, 11) is 1.96. The highest BCUT2D eigenvalue weighted by Crippen LogP contribution is 2.40. The molecule has 3 aromatic rings. The monoisotopic (exact) mass is 378 g/mol. The second-order valence-electron chi connectivity index (χ2n) is 6.13. The maximum Gasteiger partial charge on any atom is 0.298 e. The Bertz CT molecular complexity index is 1080. The van der Waals surface area contributed by atoms with E-state index in [1.54, 1.807) is 24.3 Å². The van der Waals surface area contributed by atoms with E-state index >= 15 is 0 Å². The van der Waals surface area contributed by atoms with Crippen molar-refractivity contribution in [3.05, 3.63) is 65.2 Å². The number of amides is 2. The Morgan fingerprint density at radius 2 is 1.81 bits per heavy atom. The molecule has 2 heterocycles. The third kappa shape index (κ3) is 3.02. The fourth-order valence-corrected chi connectivity index (χ4v) is 4.05. The molecular formula is C21H18N2O3S. The van der Waals surface area contributed by atoms with Crippen LogP contribution in [0.15, 0.2) is 59.6 Å². The van der Waals surface area contributed by atoms with E-state index in [1.165, 1.54) is 4.90 Å². The van der Waals surface area contributed by atoms with Crippen LogP contribution in [0.4, 0.5) is 10.5 Å². The van der Waals surface area contributed by atoms with Crippen molar-refractivity contribution in [3.8, 4) is 5.75 Å². The Kier molecular flexibility index (Phi) is 4.49. The number of para-hydroxylation sites is 3. The Morgan fingerprint density at radius 1 is 1.07 bits per heavy atom. The molecule has 0 atom stereocenters. The highest BCUT2D eigenvalue weighted by atomic mass is 32.2. The number of thioether (sulfide) groups is 1. The van der Waals surface area contributed by atoms with E-state index in [9.17, 15) is 9.59 Å². The molecule has 0 spiro atoms. The van der Waals surface area contributed by atoms with Crippen molar-refractivity contribution < 1.29 is 14.3 Å². The Balaban J connectivity index is 1.74. The Labute approximate surface area is 161 Å². The van der Waals surface area contributed by atoms with Crippen LogP contribution in [0.5, 0.6) is 5.75 Å². The average molecular weight is 378 g/mol. The molecule has 0 aliphatic carbocycles. The van der Waals surface area contributed by atoms with Crippen LogP contribution < -0.4 is 9.64 Å². The van der Waals surface area contributed by atoms with Crippen LogP contribution in [0.1, 0.15) is 12.5 Å². The summed E-state index contributed by atoms with van der Waals surface area (Å²) in [5.41, 5.74) is 2.46. The van der Waals surface area contributed by atoms with Gasteiger partial charge in [0.25, 0.3) is 11.1 Å². The smallest absolute Gasteiger partial charge is 0.298 e. The van der Waals surface area contributed by atoms with Crippen molar-refractivity contribution in [3.63, 3.8) is 0 Å². The van der Waals surface area contributed by atoms with E-state index in [0.717, 1.165) is 28.2 Å². The first-order valence-electron chi connectivity index (χ1n) is 8.64. The second kappa shape index (κ2) is 6.96.